The van der Waals surface area contributed by atoms with Crippen LogP contribution in [0.1, 0.15) is 55.7 Å². The van der Waals surface area contributed by atoms with E-state index in [2.05, 4.69) is 30.7 Å². The number of likely N-dealkylation sites (N-methyl/N-ethyl adjacent to an activating group) is 1. The summed E-state index contributed by atoms with van der Waals surface area (Å²) < 4.78 is 5.65. The molecule has 1 saturated heterocycles. The molecule has 6 heteroatoms. The highest BCUT2D eigenvalue weighted by Crippen LogP contribution is 2.34. The lowest BCUT2D eigenvalue weighted by Crippen LogP contribution is -2.43. The van der Waals surface area contributed by atoms with Crippen molar-refractivity contribution in [2.24, 2.45) is 0 Å². The smallest absolute Gasteiger partial charge is 0.277 e. The maximum absolute atomic E-state index is 13.5. The molecule has 2 heterocycles. The fourth-order valence-corrected chi connectivity index (χ4v) is 4.49. The van der Waals surface area contributed by atoms with Crippen LogP contribution in [0.5, 0.6) is 0 Å². The molecule has 0 saturated carbocycles. The van der Waals surface area contributed by atoms with E-state index in [0.717, 1.165) is 56.5 Å². The second-order valence-electron chi connectivity index (χ2n) is 9.25. The molecule has 2 aliphatic heterocycles. The van der Waals surface area contributed by atoms with E-state index >= 15 is 0 Å². The Kier molecular flexibility index (Phi) is 8.49. The summed E-state index contributed by atoms with van der Waals surface area (Å²) in [6.45, 7) is 9.93. The zero-order valence-electron chi connectivity index (χ0n) is 20.4. The number of ether oxygens (including phenoxy) is 1. The number of benzene rings is 1. The lowest BCUT2D eigenvalue weighted by molar-refractivity contribution is -0.137. The molecule has 0 unspecified atom stereocenters. The molecule has 0 atom stereocenters. The summed E-state index contributed by atoms with van der Waals surface area (Å²) in [6, 6.07) is 6.31. The standard InChI is InChI=1S/C26H39N3O3/c1-6-7-16-32-17-8-13-29-25(30)23(21-10-9-19(2)20(3)18-21)24(26(29)31)28(5)22-11-14-27(4)15-12-22/h9-10,18,22H,6-8,11-17H2,1-5H3. The maximum Gasteiger partial charge on any atom is 0.277 e. The van der Waals surface area contributed by atoms with Gasteiger partial charge in [0.25, 0.3) is 11.8 Å². The molecule has 0 spiro atoms. The molecule has 1 aromatic rings. The van der Waals surface area contributed by atoms with Gasteiger partial charge in [-0.05, 0) is 76.4 Å². The van der Waals surface area contributed by atoms with Gasteiger partial charge in [-0.1, -0.05) is 31.5 Å². The van der Waals surface area contributed by atoms with E-state index in [1.165, 1.54) is 10.5 Å². The van der Waals surface area contributed by atoms with Gasteiger partial charge in [-0.15, -0.1) is 0 Å². The molecule has 0 N–H and O–H groups in total. The Morgan fingerprint density at radius 3 is 2.38 bits per heavy atom. The number of likely N-dealkylation sites (tertiary alicyclic amines) is 1. The van der Waals surface area contributed by atoms with Gasteiger partial charge in [0.15, 0.2) is 0 Å². The molecule has 1 fully saturated rings. The van der Waals surface area contributed by atoms with E-state index < -0.39 is 0 Å². The summed E-state index contributed by atoms with van der Waals surface area (Å²) >= 11 is 0. The monoisotopic (exact) mass is 441 g/mol. The number of hydrogen-bond donors (Lipinski definition) is 0. The van der Waals surface area contributed by atoms with Crippen LogP contribution in [0, 0.1) is 13.8 Å². The van der Waals surface area contributed by atoms with Gasteiger partial charge in [0.2, 0.25) is 0 Å². The first-order valence-corrected chi connectivity index (χ1v) is 12.0. The number of carbonyl (C=O) groups excluding carboxylic acids is 2. The minimum Gasteiger partial charge on any atom is -0.381 e. The van der Waals surface area contributed by atoms with Crippen LogP contribution in [0.4, 0.5) is 0 Å². The Balaban J connectivity index is 1.84. The lowest BCUT2D eigenvalue weighted by atomic mass is 9.97. The average Bonchev–Trinajstić information content (AvgIpc) is 3.02. The van der Waals surface area contributed by atoms with E-state index in [1.807, 2.05) is 32.2 Å². The predicted molar refractivity (Wildman–Crippen MR) is 128 cm³/mol. The minimum atomic E-state index is -0.179. The normalized spacial score (nSPS) is 18.2. The van der Waals surface area contributed by atoms with Gasteiger partial charge in [-0.25, -0.2) is 0 Å². The number of hydrogen-bond acceptors (Lipinski definition) is 5. The molecule has 2 aliphatic rings. The molecule has 1 aromatic carbocycles. The van der Waals surface area contributed by atoms with Gasteiger partial charge in [0, 0.05) is 32.8 Å². The first-order valence-electron chi connectivity index (χ1n) is 12.0. The van der Waals surface area contributed by atoms with Crippen molar-refractivity contribution >= 4 is 17.4 Å². The van der Waals surface area contributed by atoms with E-state index in [-0.39, 0.29) is 17.9 Å². The van der Waals surface area contributed by atoms with Crippen molar-refractivity contribution in [3.8, 4) is 0 Å². The minimum absolute atomic E-state index is 0.168. The van der Waals surface area contributed by atoms with E-state index in [0.29, 0.717) is 30.8 Å². The van der Waals surface area contributed by atoms with Gasteiger partial charge < -0.3 is 14.5 Å². The Hall–Kier alpha value is -2.18. The van der Waals surface area contributed by atoms with Crippen molar-refractivity contribution in [1.82, 2.24) is 14.7 Å². The third-order valence-corrected chi connectivity index (χ3v) is 6.84. The highest BCUT2D eigenvalue weighted by molar-refractivity contribution is 6.35. The summed E-state index contributed by atoms with van der Waals surface area (Å²) in [5, 5.41) is 0. The number of unbranched alkanes of at least 4 members (excludes halogenated alkanes) is 1. The largest absolute Gasteiger partial charge is 0.381 e. The second kappa shape index (κ2) is 11.1. The topological polar surface area (TPSA) is 53.1 Å². The SMILES string of the molecule is CCCCOCCCN1C(=O)C(c2ccc(C)c(C)c2)=C(N(C)C2CCN(C)CC2)C1=O. The maximum atomic E-state index is 13.5. The molecule has 32 heavy (non-hydrogen) atoms. The summed E-state index contributed by atoms with van der Waals surface area (Å²) in [5.74, 6) is -0.347. The van der Waals surface area contributed by atoms with Crippen molar-refractivity contribution in [2.75, 3.05) is 46.9 Å². The molecular formula is C26H39N3O3. The van der Waals surface area contributed by atoms with Crippen LogP contribution in [-0.2, 0) is 14.3 Å². The van der Waals surface area contributed by atoms with Gasteiger partial charge in [0.05, 0.1) is 5.57 Å². The van der Waals surface area contributed by atoms with Crippen LogP contribution in [0.15, 0.2) is 23.9 Å². The molecule has 6 nitrogen and oxygen atoms in total. The first-order chi connectivity index (χ1) is 15.3. The zero-order valence-corrected chi connectivity index (χ0v) is 20.4. The van der Waals surface area contributed by atoms with Crippen LogP contribution < -0.4 is 0 Å². The van der Waals surface area contributed by atoms with E-state index in [1.54, 1.807) is 0 Å². The van der Waals surface area contributed by atoms with Gasteiger partial charge in [-0.3, -0.25) is 14.5 Å². The Labute approximate surface area is 193 Å². The fourth-order valence-electron chi connectivity index (χ4n) is 4.49. The highest BCUT2D eigenvalue weighted by atomic mass is 16.5. The van der Waals surface area contributed by atoms with Crippen molar-refractivity contribution in [1.29, 1.82) is 0 Å². The van der Waals surface area contributed by atoms with Crippen molar-refractivity contribution in [2.45, 2.75) is 58.9 Å². The van der Waals surface area contributed by atoms with Crippen molar-refractivity contribution in [3.05, 3.63) is 40.6 Å². The number of amides is 2. The molecule has 0 aromatic heterocycles. The average molecular weight is 442 g/mol. The van der Waals surface area contributed by atoms with Crippen LogP contribution in [0.3, 0.4) is 0 Å². The summed E-state index contributed by atoms with van der Waals surface area (Å²) in [7, 11) is 4.11. The first kappa shape index (κ1) is 24.5. The molecular weight excluding hydrogens is 402 g/mol. The highest BCUT2D eigenvalue weighted by Gasteiger charge is 2.42. The summed E-state index contributed by atoms with van der Waals surface area (Å²) in [6.07, 6.45) is 4.77. The summed E-state index contributed by atoms with van der Waals surface area (Å²) in [4.78, 5) is 32.8. The Morgan fingerprint density at radius 2 is 1.72 bits per heavy atom. The van der Waals surface area contributed by atoms with Gasteiger partial charge in [-0.2, -0.15) is 0 Å². The number of carbonyl (C=O) groups is 2. The number of piperidine rings is 1. The van der Waals surface area contributed by atoms with Crippen molar-refractivity contribution in [3.63, 3.8) is 0 Å². The Morgan fingerprint density at radius 1 is 1.03 bits per heavy atom. The second-order valence-corrected chi connectivity index (χ2v) is 9.25. The van der Waals surface area contributed by atoms with Crippen molar-refractivity contribution < 1.29 is 14.3 Å². The van der Waals surface area contributed by atoms with E-state index in [9.17, 15) is 9.59 Å². The fraction of sp³-hybridized carbons (Fsp3) is 0.615. The number of rotatable bonds is 10. The quantitative estimate of drug-likeness (QED) is 0.410. The van der Waals surface area contributed by atoms with Crippen LogP contribution in [-0.4, -0.2) is 79.5 Å². The molecule has 0 aliphatic carbocycles. The van der Waals surface area contributed by atoms with E-state index in [4.69, 9.17) is 4.74 Å². The molecule has 2 amide bonds. The van der Waals surface area contributed by atoms with Crippen LogP contribution in [0.2, 0.25) is 0 Å². The van der Waals surface area contributed by atoms with Gasteiger partial charge in [0.1, 0.15) is 5.70 Å². The third-order valence-electron chi connectivity index (χ3n) is 6.84. The molecule has 0 bridgehead atoms. The predicted octanol–water partition coefficient (Wildman–Crippen LogP) is 3.62. The number of nitrogens with zero attached hydrogens (tertiary/aromatic N) is 3. The third kappa shape index (κ3) is 5.41. The number of aryl methyl sites for hydroxylation is 2. The van der Waals surface area contributed by atoms with Gasteiger partial charge >= 0.3 is 0 Å². The zero-order chi connectivity index (χ0) is 23.3. The molecule has 0 radical (unpaired) electrons. The van der Waals surface area contributed by atoms with Crippen LogP contribution >= 0.6 is 0 Å². The number of imide groups is 1. The van der Waals surface area contributed by atoms with Crippen LogP contribution in [0.25, 0.3) is 5.57 Å². The molecule has 3 rings (SSSR count). The molecule has 176 valence electrons. The lowest BCUT2D eigenvalue weighted by Gasteiger charge is -2.36. The summed E-state index contributed by atoms with van der Waals surface area (Å²) in [5.41, 5.74) is 4.24. The Bertz CT molecular complexity index is 856.